The number of aliphatic hydroxyl groups is 1. The van der Waals surface area contributed by atoms with Crippen LogP contribution in [0, 0.1) is 17.0 Å². The Morgan fingerprint density at radius 3 is 2.32 bits per heavy atom. The fourth-order valence-electron chi connectivity index (χ4n) is 2.85. The summed E-state index contributed by atoms with van der Waals surface area (Å²) in [5, 5.41) is 12.7. The molecular formula is C15H21F2NO. The number of hydrogen-bond acceptors (Lipinski definition) is 2. The predicted molar refractivity (Wildman–Crippen MR) is 70.7 cm³/mol. The van der Waals surface area contributed by atoms with E-state index in [0.717, 1.165) is 25.7 Å². The fraction of sp³-hybridized carbons (Fsp3) is 0.600. The van der Waals surface area contributed by atoms with Crippen molar-refractivity contribution >= 4 is 0 Å². The van der Waals surface area contributed by atoms with E-state index in [0.29, 0.717) is 6.54 Å². The number of benzene rings is 1. The Bertz CT molecular complexity index is 396. The van der Waals surface area contributed by atoms with Crippen LogP contribution in [0.3, 0.4) is 0 Å². The lowest BCUT2D eigenvalue weighted by Crippen LogP contribution is -2.39. The highest BCUT2D eigenvalue weighted by atomic mass is 19.1. The van der Waals surface area contributed by atoms with Crippen molar-refractivity contribution in [3.8, 4) is 0 Å². The lowest BCUT2D eigenvalue weighted by atomic mass is 9.74. The summed E-state index contributed by atoms with van der Waals surface area (Å²) in [7, 11) is 0. The van der Waals surface area contributed by atoms with E-state index in [1.165, 1.54) is 24.6 Å². The van der Waals surface area contributed by atoms with E-state index in [-0.39, 0.29) is 24.1 Å². The molecule has 0 unspecified atom stereocenters. The van der Waals surface area contributed by atoms with Gasteiger partial charge in [0.2, 0.25) is 0 Å². The van der Waals surface area contributed by atoms with Gasteiger partial charge in [0, 0.05) is 30.7 Å². The number of hydrogen-bond donors (Lipinski definition) is 2. The fourth-order valence-corrected chi connectivity index (χ4v) is 2.85. The van der Waals surface area contributed by atoms with Gasteiger partial charge in [-0.15, -0.1) is 0 Å². The molecule has 19 heavy (non-hydrogen) atoms. The molecule has 0 bridgehead atoms. The average molecular weight is 269 g/mol. The molecule has 2 N–H and O–H groups in total. The Morgan fingerprint density at radius 1 is 1.11 bits per heavy atom. The first-order valence-corrected chi connectivity index (χ1v) is 6.91. The van der Waals surface area contributed by atoms with E-state index in [1.807, 2.05) is 0 Å². The number of halogens is 2. The first kappa shape index (κ1) is 14.4. The molecule has 0 aliphatic heterocycles. The minimum Gasteiger partial charge on any atom is -0.396 e. The summed E-state index contributed by atoms with van der Waals surface area (Å²) in [6.07, 6.45) is 5.42. The smallest absolute Gasteiger partial charge is 0.130 e. The molecule has 0 saturated heterocycles. The third kappa shape index (κ3) is 3.51. The molecule has 0 amide bonds. The quantitative estimate of drug-likeness (QED) is 0.861. The third-order valence-electron chi connectivity index (χ3n) is 4.11. The summed E-state index contributed by atoms with van der Waals surface area (Å²) >= 11 is 0. The number of aliphatic hydroxyl groups excluding tert-OH is 1. The van der Waals surface area contributed by atoms with Gasteiger partial charge in [0.15, 0.2) is 0 Å². The van der Waals surface area contributed by atoms with Crippen LogP contribution in [-0.4, -0.2) is 18.3 Å². The molecule has 0 heterocycles. The first-order chi connectivity index (χ1) is 9.17. The van der Waals surface area contributed by atoms with Crippen molar-refractivity contribution in [3.63, 3.8) is 0 Å². The summed E-state index contributed by atoms with van der Waals surface area (Å²) in [6, 6.07) is 3.90. The van der Waals surface area contributed by atoms with Crippen LogP contribution in [0.1, 0.15) is 37.7 Å². The lowest BCUT2D eigenvalue weighted by molar-refractivity contribution is 0.0809. The highest BCUT2D eigenvalue weighted by Crippen LogP contribution is 2.35. The molecule has 1 aliphatic rings. The third-order valence-corrected chi connectivity index (χ3v) is 4.11. The van der Waals surface area contributed by atoms with Gasteiger partial charge >= 0.3 is 0 Å². The van der Waals surface area contributed by atoms with Crippen LogP contribution in [-0.2, 0) is 6.54 Å². The van der Waals surface area contributed by atoms with Crippen molar-refractivity contribution in [2.75, 3.05) is 13.2 Å². The van der Waals surface area contributed by atoms with Gasteiger partial charge in [0.05, 0.1) is 0 Å². The van der Waals surface area contributed by atoms with Crippen LogP contribution in [0.4, 0.5) is 8.78 Å². The molecule has 0 aromatic heterocycles. The van der Waals surface area contributed by atoms with E-state index < -0.39 is 11.6 Å². The van der Waals surface area contributed by atoms with Gasteiger partial charge in [-0.2, -0.15) is 0 Å². The second-order valence-corrected chi connectivity index (χ2v) is 5.52. The second-order valence-electron chi connectivity index (χ2n) is 5.52. The van der Waals surface area contributed by atoms with Crippen LogP contribution >= 0.6 is 0 Å². The van der Waals surface area contributed by atoms with Gasteiger partial charge < -0.3 is 10.4 Å². The summed E-state index contributed by atoms with van der Waals surface area (Å²) < 4.78 is 26.9. The van der Waals surface area contributed by atoms with Crippen LogP contribution in [0.2, 0.25) is 0 Å². The Balaban J connectivity index is 1.92. The monoisotopic (exact) mass is 269 g/mol. The van der Waals surface area contributed by atoms with E-state index in [1.54, 1.807) is 0 Å². The normalized spacial score (nSPS) is 18.5. The van der Waals surface area contributed by atoms with Crippen molar-refractivity contribution in [2.24, 2.45) is 5.41 Å². The molecule has 1 fully saturated rings. The highest BCUT2D eigenvalue weighted by molar-refractivity contribution is 5.19. The van der Waals surface area contributed by atoms with Crippen LogP contribution in [0.15, 0.2) is 18.2 Å². The molecule has 2 nitrogen and oxygen atoms in total. The zero-order valence-electron chi connectivity index (χ0n) is 11.1. The van der Waals surface area contributed by atoms with Crippen molar-refractivity contribution in [1.82, 2.24) is 5.32 Å². The van der Waals surface area contributed by atoms with Crippen LogP contribution < -0.4 is 5.32 Å². The second kappa shape index (κ2) is 6.44. The Morgan fingerprint density at radius 2 is 1.74 bits per heavy atom. The highest BCUT2D eigenvalue weighted by Gasteiger charge is 2.30. The van der Waals surface area contributed by atoms with E-state index in [9.17, 15) is 13.9 Å². The van der Waals surface area contributed by atoms with Gasteiger partial charge in [0.1, 0.15) is 11.6 Å². The first-order valence-electron chi connectivity index (χ1n) is 6.91. The molecule has 1 aromatic carbocycles. The minimum absolute atomic E-state index is 0.0754. The molecule has 2 rings (SSSR count). The standard InChI is InChI=1S/C15H21F2NO/c16-13-5-4-6-14(17)12(13)9-18-10-15(11-19)7-2-1-3-8-15/h4-6,18-19H,1-3,7-11H2. The lowest BCUT2D eigenvalue weighted by Gasteiger charge is -2.35. The molecule has 0 atom stereocenters. The topological polar surface area (TPSA) is 32.3 Å². The Hall–Kier alpha value is -1.00. The zero-order valence-corrected chi connectivity index (χ0v) is 11.1. The minimum atomic E-state index is -0.519. The Labute approximate surface area is 112 Å². The van der Waals surface area contributed by atoms with Gasteiger partial charge in [-0.05, 0) is 25.0 Å². The van der Waals surface area contributed by atoms with Gasteiger partial charge in [-0.25, -0.2) is 8.78 Å². The van der Waals surface area contributed by atoms with Gasteiger partial charge in [0.25, 0.3) is 0 Å². The summed E-state index contributed by atoms with van der Waals surface area (Å²) in [6.45, 7) is 0.914. The van der Waals surface area contributed by atoms with Crippen molar-refractivity contribution in [1.29, 1.82) is 0 Å². The molecule has 0 spiro atoms. The molecule has 1 saturated carbocycles. The van der Waals surface area contributed by atoms with Gasteiger partial charge in [-0.1, -0.05) is 25.3 Å². The largest absolute Gasteiger partial charge is 0.396 e. The van der Waals surface area contributed by atoms with Crippen LogP contribution in [0.25, 0.3) is 0 Å². The number of rotatable bonds is 5. The van der Waals surface area contributed by atoms with Gasteiger partial charge in [-0.3, -0.25) is 0 Å². The molecule has 106 valence electrons. The molecule has 0 radical (unpaired) electrons. The molecule has 1 aliphatic carbocycles. The predicted octanol–water partition coefficient (Wildman–Crippen LogP) is 3.00. The maximum Gasteiger partial charge on any atom is 0.130 e. The maximum absolute atomic E-state index is 13.5. The van der Waals surface area contributed by atoms with E-state index in [4.69, 9.17) is 0 Å². The molecule has 4 heteroatoms. The molecular weight excluding hydrogens is 248 g/mol. The maximum atomic E-state index is 13.5. The summed E-state index contributed by atoms with van der Waals surface area (Å²) in [5.41, 5.74) is -0.0358. The van der Waals surface area contributed by atoms with E-state index >= 15 is 0 Å². The van der Waals surface area contributed by atoms with E-state index in [2.05, 4.69) is 5.32 Å². The Kier molecular flexibility index (Phi) is 4.88. The number of nitrogens with one attached hydrogen (secondary N) is 1. The van der Waals surface area contributed by atoms with Crippen molar-refractivity contribution in [3.05, 3.63) is 35.4 Å². The summed E-state index contributed by atoms with van der Waals surface area (Å²) in [5.74, 6) is -1.04. The SMILES string of the molecule is OCC1(CNCc2c(F)cccc2F)CCCCC1. The molecule has 1 aromatic rings. The average Bonchev–Trinajstić information content (AvgIpc) is 2.43. The van der Waals surface area contributed by atoms with Crippen molar-refractivity contribution in [2.45, 2.75) is 38.6 Å². The zero-order chi connectivity index (χ0) is 13.7. The summed E-state index contributed by atoms with van der Waals surface area (Å²) in [4.78, 5) is 0. The van der Waals surface area contributed by atoms with Crippen molar-refractivity contribution < 1.29 is 13.9 Å². The van der Waals surface area contributed by atoms with Crippen LogP contribution in [0.5, 0.6) is 0 Å².